The van der Waals surface area contributed by atoms with E-state index in [-0.39, 0.29) is 0 Å². The van der Waals surface area contributed by atoms with E-state index < -0.39 is 0 Å². The molecule has 0 amide bonds. The van der Waals surface area contributed by atoms with Crippen molar-refractivity contribution in [3.63, 3.8) is 0 Å². The third-order valence-corrected chi connectivity index (χ3v) is 4.06. The molecule has 5 nitrogen and oxygen atoms in total. The topological polar surface area (TPSA) is 60.4 Å². The van der Waals surface area contributed by atoms with Gasteiger partial charge in [0, 0.05) is 10.0 Å². The third kappa shape index (κ3) is 1.95. The molecule has 108 valence electrons. The number of halogens is 1. The van der Waals surface area contributed by atoms with Crippen LogP contribution in [0.2, 0.25) is 0 Å². The van der Waals surface area contributed by atoms with Crippen LogP contribution in [-0.4, -0.2) is 21.5 Å². The van der Waals surface area contributed by atoms with Crippen LogP contribution in [0.3, 0.4) is 0 Å². The third-order valence-electron chi connectivity index (χ3n) is 3.57. The molecule has 0 radical (unpaired) electrons. The van der Waals surface area contributed by atoms with Crippen molar-refractivity contribution in [2.45, 2.75) is 6.54 Å². The molecule has 0 unspecified atom stereocenters. The second kappa shape index (κ2) is 5.06. The Hall–Kier alpha value is -2.47. The van der Waals surface area contributed by atoms with E-state index in [1.165, 1.54) is 0 Å². The van der Waals surface area contributed by atoms with Crippen molar-refractivity contribution < 1.29 is 9.21 Å². The summed E-state index contributed by atoms with van der Waals surface area (Å²) in [6.07, 6.45) is 4.00. The number of carbonyl (C=O) groups is 1. The van der Waals surface area contributed by atoms with Gasteiger partial charge >= 0.3 is 0 Å². The molecule has 1 aromatic carbocycles. The smallest absolute Gasteiger partial charge is 0.168 e. The zero-order valence-electron chi connectivity index (χ0n) is 11.4. The molecule has 1 aliphatic heterocycles. The van der Waals surface area contributed by atoms with E-state index in [1.807, 2.05) is 34.9 Å². The summed E-state index contributed by atoms with van der Waals surface area (Å²) in [7, 11) is 0. The van der Waals surface area contributed by atoms with Gasteiger partial charge in [-0.3, -0.25) is 14.4 Å². The number of aldehydes is 1. The van der Waals surface area contributed by atoms with E-state index in [0.717, 1.165) is 33.5 Å². The highest BCUT2D eigenvalue weighted by Crippen LogP contribution is 2.28. The maximum absolute atomic E-state index is 11.3. The van der Waals surface area contributed by atoms with Crippen LogP contribution in [0.5, 0.6) is 0 Å². The Morgan fingerprint density at radius 1 is 1.32 bits per heavy atom. The minimum atomic E-state index is 0.385. The van der Waals surface area contributed by atoms with Crippen LogP contribution < -0.4 is 0 Å². The lowest BCUT2D eigenvalue weighted by molar-refractivity contribution is 0.111. The zero-order chi connectivity index (χ0) is 15.1. The zero-order valence-corrected chi connectivity index (χ0v) is 12.9. The summed E-state index contributed by atoms with van der Waals surface area (Å²) in [4.78, 5) is 20.3. The molecule has 22 heavy (non-hydrogen) atoms. The average molecular weight is 356 g/mol. The number of carbonyl (C=O) groups excluding carboxylic acids is 1. The van der Waals surface area contributed by atoms with Crippen molar-refractivity contribution in [1.82, 2.24) is 9.55 Å². The predicted molar refractivity (Wildman–Crippen MR) is 84.7 cm³/mol. The number of hydrogen-bond acceptors (Lipinski definition) is 4. The average Bonchev–Trinajstić information content (AvgIpc) is 3.15. The van der Waals surface area contributed by atoms with E-state index in [9.17, 15) is 4.79 Å². The Labute approximate surface area is 134 Å². The standard InChI is InChI=1S/C16H10BrN3O2/c17-10-3-4-13-12(6-10)16(14-2-1-5-22-14)19-8-15-18-7-11(9-21)20(13)15/h1-7,9H,8H2. The minimum Gasteiger partial charge on any atom is -0.463 e. The van der Waals surface area contributed by atoms with Crippen molar-refractivity contribution in [2.24, 2.45) is 4.99 Å². The lowest BCUT2D eigenvalue weighted by Gasteiger charge is -2.12. The highest BCUT2D eigenvalue weighted by Gasteiger charge is 2.23. The summed E-state index contributed by atoms with van der Waals surface area (Å²) in [5, 5.41) is 0. The van der Waals surface area contributed by atoms with E-state index >= 15 is 0 Å². The second-order valence-corrected chi connectivity index (χ2v) is 5.77. The van der Waals surface area contributed by atoms with Crippen molar-refractivity contribution in [3.8, 4) is 5.69 Å². The fourth-order valence-electron chi connectivity index (χ4n) is 2.63. The molecule has 0 saturated heterocycles. The van der Waals surface area contributed by atoms with Gasteiger partial charge in [0.2, 0.25) is 0 Å². The highest BCUT2D eigenvalue weighted by atomic mass is 79.9. The lowest BCUT2D eigenvalue weighted by atomic mass is 10.1. The summed E-state index contributed by atoms with van der Waals surface area (Å²) in [6, 6.07) is 9.55. The van der Waals surface area contributed by atoms with Crippen LogP contribution >= 0.6 is 15.9 Å². The summed E-state index contributed by atoms with van der Waals surface area (Å²) in [5.74, 6) is 1.42. The van der Waals surface area contributed by atoms with E-state index in [0.29, 0.717) is 18.0 Å². The van der Waals surface area contributed by atoms with E-state index in [2.05, 4.69) is 25.9 Å². The molecule has 6 heteroatoms. The van der Waals surface area contributed by atoms with Gasteiger partial charge in [-0.2, -0.15) is 0 Å². The van der Waals surface area contributed by atoms with Crippen molar-refractivity contribution in [1.29, 1.82) is 0 Å². The molecule has 3 heterocycles. The first-order valence-corrected chi connectivity index (χ1v) is 7.47. The number of benzene rings is 1. The van der Waals surface area contributed by atoms with Crippen LogP contribution in [0.1, 0.15) is 27.6 Å². The molecule has 0 bridgehead atoms. The number of imidazole rings is 1. The molecular formula is C16H10BrN3O2. The minimum absolute atomic E-state index is 0.385. The predicted octanol–water partition coefficient (Wildman–Crippen LogP) is 3.39. The van der Waals surface area contributed by atoms with Gasteiger partial charge in [-0.1, -0.05) is 15.9 Å². The molecule has 0 aliphatic carbocycles. The number of hydrogen-bond donors (Lipinski definition) is 0. The Balaban J connectivity index is 2.03. The molecule has 2 aromatic heterocycles. The lowest BCUT2D eigenvalue weighted by Crippen LogP contribution is -2.08. The first-order chi connectivity index (χ1) is 10.8. The van der Waals surface area contributed by atoms with Crippen LogP contribution in [0.4, 0.5) is 0 Å². The second-order valence-electron chi connectivity index (χ2n) is 4.86. The van der Waals surface area contributed by atoms with Crippen molar-refractivity contribution >= 4 is 27.9 Å². The number of fused-ring (bicyclic) bond motifs is 3. The fourth-order valence-corrected chi connectivity index (χ4v) is 2.99. The molecule has 0 spiro atoms. The maximum atomic E-state index is 11.3. The Bertz CT molecular complexity index is 894. The quantitative estimate of drug-likeness (QED) is 0.662. The summed E-state index contributed by atoms with van der Waals surface area (Å²) >= 11 is 3.49. The van der Waals surface area contributed by atoms with Gasteiger partial charge in [0.1, 0.15) is 17.2 Å². The van der Waals surface area contributed by atoms with Gasteiger partial charge < -0.3 is 4.42 Å². The Kier molecular flexibility index (Phi) is 3.04. The number of aliphatic imine (C=N–C) groups is 1. The number of nitrogens with zero attached hydrogens (tertiary/aromatic N) is 3. The number of furan rings is 1. The largest absolute Gasteiger partial charge is 0.463 e. The molecule has 4 rings (SSSR count). The van der Waals surface area contributed by atoms with E-state index in [4.69, 9.17) is 4.42 Å². The van der Waals surface area contributed by atoms with Crippen LogP contribution in [-0.2, 0) is 6.54 Å². The molecule has 1 aliphatic rings. The van der Waals surface area contributed by atoms with Crippen molar-refractivity contribution in [3.05, 3.63) is 70.1 Å². The van der Waals surface area contributed by atoms with Gasteiger partial charge in [-0.25, -0.2) is 4.98 Å². The van der Waals surface area contributed by atoms with Gasteiger partial charge in [0.05, 0.1) is 24.7 Å². The molecule has 0 fully saturated rings. The van der Waals surface area contributed by atoms with Crippen molar-refractivity contribution in [2.75, 3.05) is 0 Å². The van der Waals surface area contributed by atoms with Gasteiger partial charge in [-0.15, -0.1) is 0 Å². The molecular weight excluding hydrogens is 346 g/mol. The van der Waals surface area contributed by atoms with Crippen LogP contribution in [0.25, 0.3) is 5.69 Å². The highest BCUT2D eigenvalue weighted by molar-refractivity contribution is 9.10. The Morgan fingerprint density at radius 2 is 2.23 bits per heavy atom. The van der Waals surface area contributed by atoms with Crippen LogP contribution in [0.15, 0.2) is 56.7 Å². The molecule has 0 N–H and O–H groups in total. The van der Waals surface area contributed by atoms with Crippen LogP contribution in [0, 0.1) is 0 Å². The van der Waals surface area contributed by atoms with Gasteiger partial charge in [0.15, 0.2) is 12.0 Å². The monoisotopic (exact) mass is 355 g/mol. The normalized spacial score (nSPS) is 13.0. The summed E-state index contributed by atoms with van der Waals surface area (Å²) < 4.78 is 8.29. The first kappa shape index (κ1) is 13.2. The SMILES string of the molecule is O=Cc1cnc2n1-c1ccc(Br)cc1C(c1ccco1)=NC2. The maximum Gasteiger partial charge on any atom is 0.168 e. The summed E-state index contributed by atoms with van der Waals surface area (Å²) in [5.41, 5.74) is 3.02. The van der Waals surface area contributed by atoms with E-state index in [1.54, 1.807) is 12.5 Å². The molecule has 0 saturated carbocycles. The fraction of sp³-hybridized carbons (Fsp3) is 0.0625. The van der Waals surface area contributed by atoms with Gasteiger partial charge in [0.25, 0.3) is 0 Å². The number of rotatable bonds is 2. The molecule has 0 atom stereocenters. The summed E-state index contributed by atoms with van der Waals surface area (Å²) in [6.45, 7) is 0.385. The first-order valence-electron chi connectivity index (χ1n) is 6.68. The Morgan fingerprint density at radius 3 is 3.00 bits per heavy atom. The number of aromatic nitrogens is 2. The molecule has 3 aromatic rings. The van der Waals surface area contributed by atoms with Gasteiger partial charge in [-0.05, 0) is 30.3 Å².